The van der Waals surface area contributed by atoms with Crippen LogP contribution in [0.1, 0.15) is 49.1 Å². The molecule has 1 aliphatic rings. The zero-order valence-electron chi connectivity index (χ0n) is 23.8. The van der Waals surface area contributed by atoms with E-state index < -0.39 is 17.7 Å². The number of aryl methyl sites for hydroxylation is 1. The predicted octanol–water partition coefficient (Wildman–Crippen LogP) is 7.72. The molecule has 41 heavy (non-hydrogen) atoms. The molecule has 4 aromatic carbocycles. The van der Waals surface area contributed by atoms with Gasteiger partial charge in [0.25, 0.3) is 11.7 Å². The van der Waals surface area contributed by atoms with Crippen LogP contribution in [0, 0.1) is 6.92 Å². The second-order valence-electron chi connectivity index (χ2n) is 11.2. The van der Waals surface area contributed by atoms with E-state index in [1.54, 1.807) is 18.2 Å². The van der Waals surface area contributed by atoms with Crippen LogP contribution in [0.5, 0.6) is 17.2 Å². The number of amides is 1. The number of ketones is 1. The Morgan fingerprint density at radius 3 is 2.22 bits per heavy atom. The van der Waals surface area contributed by atoms with Gasteiger partial charge in [-0.15, -0.1) is 0 Å². The summed E-state index contributed by atoms with van der Waals surface area (Å²) in [5.41, 5.74) is 3.16. The number of Topliss-reactive ketones (excluding diaryl/α,β-unsaturated/α-hetero) is 1. The van der Waals surface area contributed by atoms with E-state index in [2.05, 4.69) is 20.8 Å². The summed E-state index contributed by atoms with van der Waals surface area (Å²) in [6.45, 7) is 8.11. The molecule has 1 fully saturated rings. The molecule has 0 spiro atoms. The van der Waals surface area contributed by atoms with E-state index in [9.17, 15) is 14.7 Å². The van der Waals surface area contributed by atoms with Gasteiger partial charge >= 0.3 is 0 Å². The Labute approximate surface area is 240 Å². The van der Waals surface area contributed by atoms with Crippen molar-refractivity contribution in [3.8, 4) is 17.2 Å². The number of anilines is 1. The molecule has 0 aromatic heterocycles. The summed E-state index contributed by atoms with van der Waals surface area (Å²) in [5.74, 6) is -0.191. The zero-order valence-corrected chi connectivity index (χ0v) is 23.8. The van der Waals surface area contributed by atoms with Crippen molar-refractivity contribution in [3.05, 3.63) is 125 Å². The first-order valence-electron chi connectivity index (χ1n) is 13.5. The Bertz CT molecular complexity index is 1650. The standard InChI is InChI=1S/C35H33NO5/c1-22-11-9-13-25(19-22)36-31(23-12-10-16-27(20-23)41-26-14-7-6-8-15-26)30(33(38)34(36)39)32(37)28-21-24(35(2,3)4)17-18-29(28)40-5/h6-21,31,37H,1-5H3/b32-30+. The lowest BCUT2D eigenvalue weighted by atomic mass is 9.85. The van der Waals surface area contributed by atoms with E-state index in [0.717, 1.165) is 11.1 Å². The average Bonchev–Trinajstić information content (AvgIpc) is 3.22. The lowest BCUT2D eigenvalue weighted by Gasteiger charge is -2.26. The van der Waals surface area contributed by atoms with E-state index in [1.165, 1.54) is 12.0 Å². The van der Waals surface area contributed by atoms with Crippen LogP contribution >= 0.6 is 0 Å². The van der Waals surface area contributed by atoms with Crippen molar-refractivity contribution in [3.63, 3.8) is 0 Å². The SMILES string of the molecule is COc1ccc(C(C)(C)C)cc1/C(O)=C1\C(=O)C(=O)N(c2cccc(C)c2)C1c1cccc(Oc2ccccc2)c1. The largest absolute Gasteiger partial charge is 0.507 e. The monoisotopic (exact) mass is 547 g/mol. The van der Waals surface area contributed by atoms with E-state index >= 15 is 0 Å². The maximum Gasteiger partial charge on any atom is 0.300 e. The molecule has 0 radical (unpaired) electrons. The Kier molecular flexibility index (Phi) is 7.41. The number of nitrogens with zero attached hydrogens (tertiary/aromatic N) is 1. The number of para-hydroxylation sites is 1. The van der Waals surface area contributed by atoms with Crippen LogP contribution in [-0.4, -0.2) is 23.9 Å². The van der Waals surface area contributed by atoms with Gasteiger partial charge in [-0.3, -0.25) is 14.5 Å². The second-order valence-corrected chi connectivity index (χ2v) is 11.2. The van der Waals surface area contributed by atoms with Gasteiger partial charge in [-0.2, -0.15) is 0 Å². The number of carbonyl (C=O) groups excluding carboxylic acids is 2. The van der Waals surface area contributed by atoms with E-state index in [0.29, 0.717) is 34.1 Å². The molecule has 208 valence electrons. The van der Waals surface area contributed by atoms with Crippen LogP contribution in [0.3, 0.4) is 0 Å². The highest BCUT2D eigenvalue weighted by Gasteiger charge is 2.47. The molecule has 1 heterocycles. The van der Waals surface area contributed by atoms with Gasteiger partial charge in [-0.25, -0.2) is 0 Å². The number of benzene rings is 4. The number of aliphatic hydroxyl groups is 1. The summed E-state index contributed by atoms with van der Waals surface area (Å²) in [6.07, 6.45) is 0. The highest BCUT2D eigenvalue weighted by Crippen LogP contribution is 2.44. The van der Waals surface area contributed by atoms with Crippen molar-refractivity contribution in [2.75, 3.05) is 12.0 Å². The van der Waals surface area contributed by atoms with E-state index in [4.69, 9.17) is 9.47 Å². The van der Waals surface area contributed by atoms with Crippen molar-refractivity contribution in [2.24, 2.45) is 0 Å². The van der Waals surface area contributed by atoms with Gasteiger partial charge < -0.3 is 14.6 Å². The fourth-order valence-corrected chi connectivity index (χ4v) is 5.07. The van der Waals surface area contributed by atoms with Crippen LogP contribution < -0.4 is 14.4 Å². The van der Waals surface area contributed by atoms with Gasteiger partial charge in [0.05, 0.1) is 24.3 Å². The predicted molar refractivity (Wildman–Crippen MR) is 161 cm³/mol. The van der Waals surface area contributed by atoms with Gasteiger partial charge in [0, 0.05) is 5.69 Å². The number of hydrogen-bond acceptors (Lipinski definition) is 5. The molecular weight excluding hydrogens is 514 g/mol. The van der Waals surface area contributed by atoms with Gasteiger partial charge in [0.2, 0.25) is 0 Å². The summed E-state index contributed by atoms with van der Waals surface area (Å²) in [4.78, 5) is 28.9. The third-order valence-corrected chi connectivity index (χ3v) is 7.20. The maximum absolute atomic E-state index is 13.7. The number of ether oxygens (including phenoxy) is 2. The molecule has 1 unspecified atom stereocenters. The third-order valence-electron chi connectivity index (χ3n) is 7.20. The molecule has 0 saturated carbocycles. The van der Waals surface area contributed by atoms with E-state index in [1.807, 2.05) is 85.8 Å². The molecule has 1 N–H and O–H groups in total. The van der Waals surface area contributed by atoms with Crippen LogP contribution in [0.4, 0.5) is 5.69 Å². The summed E-state index contributed by atoms with van der Waals surface area (Å²) in [7, 11) is 1.51. The average molecular weight is 548 g/mol. The molecule has 1 aliphatic heterocycles. The topological polar surface area (TPSA) is 76.1 Å². The molecular formula is C35H33NO5. The Hall–Kier alpha value is -4.84. The Morgan fingerprint density at radius 1 is 0.829 bits per heavy atom. The molecule has 1 atom stereocenters. The number of rotatable bonds is 6. The molecule has 1 saturated heterocycles. The summed E-state index contributed by atoms with van der Waals surface area (Å²) in [6, 6.07) is 28.6. The summed E-state index contributed by atoms with van der Waals surface area (Å²) in [5, 5.41) is 11.8. The summed E-state index contributed by atoms with van der Waals surface area (Å²) >= 11 is 0. The fourth-order valence-electron chi connectivity index (χ4n) is 5.07. The highest BCUT2D eigenvalue weighted by atomic mass is 16.5. The van der Waals surface area contributed by atoms with Crippen LogP contribution in [-0.2, 0) is 15.0 Å². The van der Waals surface area contributed by atoms with Crippen LogP contribution in [0.25, 0.3) is 5.76 Å². The fraction of sp³-hybridized carbons (Fsp3) is 0.200. The van der Waals surface area contributed by atoms with Gasteiger partial charge in [0.1, 0.15) is 23.0 Å². The normalized spacial score (nSPS) is 16.6. The highest BCUT2D eigenvalue weighted by molar-refractivity contribution is 6.51. The summed E-state index contributed by atoms with van der Waals surface area (Å²) < 4.78 is 11.7. The van der Waals surface area contributed by atoms with Crippen LogP contribution in [0.2, 0.25) is 0 Å². The minimum absolute atomic E-state index is 0.0160. The number of aliphatic hydroxyl groups excluding tert-OH is 1. The Morgan fingerprint density at radius 2 is 1.54 bits per heavy atom. The number of carbonyl (C=O) groups is 2. The molecule has 5 rings (SSSR count). The van der Waals surface area contributed by atoms with Crippen molar-refractivity contribution in [2.45, 2.75) is 39.2 Å². The maximum atomic E-state index is 13.7. The second kappa shape index (κ2) is 11.0. The van der Waals surface area contributed by atoms with Crippen LogP contribution in [0.15, 0.2) is 103 Å². The zero-order chi connectivity index (χ0) is 29.3. The van der Waals surface area contributed by atoms with Crippen molar-refractivity contribution in [1.82, 2.24) is 0 Å². The lowest BCUT2D eigenvalue weighted by Crippen LogP contribution is -2.29. The van der Waals surface area contributed by atoms with Crippen molar-refractivity contribution in [1.29, 1.82) is 0 Å². The van der Waals surface area contributed by atoms with Gasteiger partial charge in [-0.05, 0) is 77.6 Å². The lowest BCUT2D eigenvalue weighted by molar-refractivity contribution is -0.132. The number of hydrogen-bond donors (Lipinski definition) is 1. The van der Waals surface area contributed by atoms with Gasteiger partial charge in [0.15, 0.2) is 0 Å². The van der Waals surface area contributed by atoms with Crippen molar-refractivity contribution < 1.29 is 24.2 Å². The first kappa shape index (κ1) is 27.7. The first-order chi connectivity index (χ1) is 19.6. The van der Waals surface area contributed by atoms with E-state index in [-0.39, 0.29) is 16.7 Å². The molecule has 0 aliphatic carbocycles. The molecule has 6 nitrogen and oxygen atoms in total. The smallest absolute Gasteiger partial charge is 0.300 e. The molecule has 0 bridgehead atoms. The molecule has 1 amide bonds. The Balaban J connectivity index is 1.72. The first-order valence-corrected chi connectivity index (χ1v) is 13.5. The molecule has 6 heteroatoms. The molecule has 4 aromatic rings. The van der Waals surface area contributed by atoms with Crippen molar-refractivity contribution >= 4 is 23.1 Å². The number of methoxy groups -OCH3 is 1. The van der Waals surface area contributed by atoms with Gasteiger partial charge in [-0.1, -0.05) is 69.3 Å². The quantitative estimate of drug-likeness (QED) is 0.152. The minimum atomic E-state index is -0.904. The minimum Gasteiger partial charge on any atom is -0.507 e. The third kappa shape index (κ3) is 5.46.